The molecular weight excluding hydrogens is 1090 g/mol. The van der Waals surface area contributed by atoms with Crippen LogP contribution in [0.3, 0.4) is 0 Å². The molecule has 0 saturated carbocycles. The molecule has 9 atom stereocenters. The Bertz CT molecular complexity index is 2260. The molecular formula is C50H99N25O9. The number of carbonyl (C=O) groups is 9. The first-order valence-corrected chi connectivity index (χ1v) is 28.1. The van der Waals surface area contributed by atoms with Crippen LogP contribution in [0.2, 0.25) is 0 Å². The highest BCUT2D eigenvalue weighted by Gasteiger charge is 2.35. The third kappa shape index (κ3) is 34.7. The van der Waals surface area contributed by atoms with E-state index in [0.29, 0.717) is 12.8 Å². The van der Waals surface area contributed by atoms with Crippen molar-refractivity contribution in [1.82, 2.24) is 42.5 Å². The SMILES string of the molecule is CC[C@H](C)[C@H](NC(=O)[C@H](CCCN=C(N)N)NC(=O)[C@H](CC(C)C)NC(=O)[C@H](CCCN=C(N)N)NC(=O)[C@H](CC(C)C)NC(=O)[C@@H](N)CCCN=C(N)N)C(=O)NCC(=O)N[C@@H](CCCN=C(N)N)C(=O)N[C@@H](CCCN=C(N)N)C(N)=O. The molecule has 0 rings (SSSR count). The summed E-state index contributed by atoms with van der Waals surface area (Å²) in [5, 5.41) is 21.2. The smallest absolute Gasteiger partial charge is 0.243 e. The maximum Gasteiger partial charge on any atom is 0.243 e. The number of amides is 9. The molecule has 0 fully saturated rings. The highest BCUT2D eigenvalue weighted by Crippen LogP contribution is 2.14. The summed E-state index contributed by atoms with van der Waals surface area (Å²) in [6.07, 6.45) is 1.93. The van der Waals surface area contributed by atoms with Gasteiger partial charge in [0.25, 0.3) is 0 Å². The molecule has 478 valence electrons. The van der Waals surface area contributed by atoms with Gasteiger partial charge in [0, 0.05) is 32.7 Å². The largest absolute Gasteiger partial charge is 0.370 e. The summed E-state index contributed by atoms with van der Waals surface area (Å²) in [6, 6.07) is -9.79. The number of primary amides is 1. The van der Waals surface area contributed by atoms with Gasteiger partial charge in [0.2, 0.25) is 53.2 Å². The highest BCUT2D eigenvalue weighted by molar-refractivity contribution is 5.98. The van der Waals surface area contributed by atoms with Crippen molar-refractivity contribution in [2.45, 2.75) is 173 Å². The Balaban J connectivity index is 6.77. The van der Waals surface area contributed by atoms with Crippen LogP contribution >= 0.6 is 0 Å². The summed E-state index contributed by atoms with van der Waals surface area (Å²) >= 11 is 0. The Hall–Kier alpha value is -8.46. The van der Waals surface area contributed by atoms with Crippen molar-refractivity contribution in [3.63, 3.8) is 0 Å². The molecule has 0 radical (unpaired) electrons. The number of rotatable bonds is 43. The first kappa shape index (κ1) is 75.5. The summed E-state index contributed by atoms with van der Waals surface area (Å²) in [6.45, 7) is 10.6. The minimum absolute atomic E-state index is 0.00934. The van der Waals surface area contributed by atoms with Crippen molar-refractivity contribution in [2.75, 3.05) is 39.3 Å². The van der Waals surface area contributed by atoms with E-state index in [2.05, 4.69) is 67.5 Å². The van der Waals surface area contributed by atoms with Gasteiger partial charge >= 0.3 is 0 Å². The third-order valence-electron chi connectivity index (χ3n) is 12.6. The zero-order chi connectivity index (χ0) is 64.1. The lowest BCUT2D eigenvalue weighted by molar-refractivity contribution is -0.136. The topological polar surface area (TPSA) is 624 Å². The van der Waals surface area contributed by atoms with Crippen LogP contribution in [-0.4, -0.2) is 171 Å². The van der Waals surface area contributed by atoms with Crippen LogP contribution in [-0.2, 0) is 43.2 Å². The molecule has 0 bridgehead atoms. The number of aliphatic imine (C=N–C) groups is 5. The van der Waals surface area contributed by atoms with Gasteiger partial charge in [-0.3, -0.25) is 68.1 Å². The van der Waals surface area contributed by atoms with E-state index >= 15 is 0 Å². The van der Waals surface area contributed by atoms with Crippen molar-refractivity contribution in [3.05, 3.63) is 0 Å². The van der Waals surface area contributed by atoms with Gasteiger partial charge in [-0.25, -0.2) is 0 Å². The van der Waals surface area contributed by atoms with Crippen LogP contribution in [0.15, 0.2) is 25.0 Å². The number of hydrogen-bond donors (Lipinski definition) is 20. The van der Waals surface area contributed by atoms with E-state index in [0.717, 1.165) is 0 Å². The van der Waals surface area contributed by atoms with E-state index in [1.165, 1.54) is 0 Å². The van der Waals surface area contributed by atoms with Crippen LogP contribution in [0.4, 0.5) is 0 Å². The van der Waals surface area contributed by atoms with Crippen molar-refractivity contribution in [3.8, 4) is 0 Å². The molecule has 84 heavy (non-hydrogen) atoms. The third-order valence-corrected chi connectivity index (χ3v) is 12.6. The Morgan fingerprint density at radius 1 is 0.369 bits per heavy atom. The van der Waals surface area contributed by atoms with Crippen LogP contribution in [0.5, 0.6) is 0 Å². The van der Waals surface area contributed by atoms with Crippen LogP contribution in [0.25, 0.3) is 0 Å². The van der Waals surface area contributed by atoms with Gasteiger partial charge in [0.1, 0.15) is 42.3 Å². The molecule has 0 aromatic rings. The summed E-state index contributed by atoms with van der Waals surface area (Å²) < 4.78 is 0. The first-order chi connectivity index (χ1) is 39.4. The molecule has 0 aromatic heterocycles. The van der Waals surface area contributed by atoms with Gasteiger partial charge in [-0.05, 0) is 94.8 Å². The number of nitrogens with two attached hydrogens (primary N) is 12. The van der Waals surface area contributed by atoms with Gasteiger partial charge in [-0.2, -0.15) is 0 Å². The zero-order valence-electron chi connectivity index (χ0n) is 49.6. The quantitative estimate of drug-likeness (QED) is 0.0153. The Kier molecular flexibility index (Phi) is 37.3. The molecule has 9 amide bonds. The minimum Gasteiger partial charge on any atom is -0.370 e. The van der Waals surface area contributed by atoms with Crippen LogP contribution < -0.4 is 111 Å². The molecule has 34 heteroatoms. The van der Waals surface area contributed by atoms with Crippen molar-refractivity contribution in [1.29, 1.82) is 0 Å². The van der Waals surface area contributed by atoms with E-state index in [4.69, 9.17) is 68.8 Å². The van der Waals surface area contributed by atoms with E-state index in [1.54, 1.807) is 27.7 Å². The highest BCUT2D eigenvalue weighted by atomic mass is 16.2. The fourth-order valence-corrected chi connectivity index (χ4v) is 8.01. The Labute approximate surface area is 491 Å². The van der Waals surface area contributed by atoms with Crippen molar-refractivity contribution in [2.24, 2.45) is 112 Å². The number of hydrogen-bond acceptors (Lipinski definition) is 15. The number of nitrogens with one attached hydrogen (secondary N) is 8. The fourth-order valence-electron chi connectivity index (χ4n) is 8.01. The monoisotopic (exact) mass is 1190 g/mol. The van der Waals surface area contributed by atoms with Crippen LogP contribution in [0.1, 0.15) is 125 Å². The molecule has 34 nitrogen and oxygen atoms in total. The van der Waals surface area contributed by atoms with E-state index in [1.807, 2.05) is 13.8 Å². The standard InChI is InChI=1S/C50H99N25O9/c1-7-28(6)37(45(84)68-25-36(76)69-31(15-10-20-65-48(57)58)40(79)70-30(38(52)77)14-9-19-64-47(55)56)75-42(81)33(17-12-22-67-50(61)62)72-44(83)35(24-27(4)5)74-41(80)32(16-11-21-66-49(59)60)71-43(82)34(23-26(2)3)73-39(78)29(51)13-8-18-63-46(53)54/h26-35,37H,7-25,51H2,1-6H3,(H2,52,77)(H,68,84)(H,69,76)(H,70,79)(H,71,82)(H,72,83)(H,73,78)(H,74,80)(H,75,81)(H4,53,54,63)(H4,55,56,64)(H4,57,58,65)(H4,59,60,66)(H4,61,62,67)/t28-,29-,30-,31-,32-,33-,34-,35-,37-/m0/s1. The van der Waals surface area contributed by atoms with Crippen LogP contribution in [0, 0.1) is 17.8 Å². The summed E-state index contributed by atoms with van der Waals surface area (Å²) in [7, 11) is 0. The normalized spacial score (nSPS) is 14.1. The van der Waals surface area contributed by atoms with Gasteiger partial charge < -0.3 is 111 Å². The molecule has 0 aliphatic carbocycles. The maximum absolute atomic E-state index is 14.4. The molecule has 0 heterocycles. The predicted molar refractivity (Wildman–Crippen MR) is 322 cm³/mol. The van der Waals surface area contributed by atoms with Gasteiger partial charge in [-0.15, -0.1) is 0 Å². The second-order valence-electron chi connectivity index (χ2n) is 21.0. The van der Waals surface area contributed by atoms with Gasteiger partial charge in [0.05, 0.1) is 12.6 Å². The van der Waals surface area contributed by atoms with E-state index in [-0.39, 0.29) is 145 Å². The summed E-state index contributed by atoms with van der Waals surface area (Å²) in [5.41, 5.74) is 66.3. The predicted octanol–water partition coefficient (Wildman–Crippen LogP) is -7.28. The van der Waals surface area contributed by atoms with Gasteiger partial charge in [-0.1, -0.05) is 48.0 Å². The lowest BCUT2D eigenvalue weighted by Gasteiger charge is -2.29. The summed E-state index contributed by atoms with van der Waals surface area (Å²) in [4.78, 5) is 143. The molecule has 0 unspecified atom stereocenters. The lowest BCUT2D eigenvalue weighted by Crippen LogP contribution is -2.60. The fraction of sp³-hybridized carbons (Fsp3) is 0.720. The van der Waals surface area contributed by atoms with Gasteiger partial charge in [0.15, 0.2) is 29.8 Å². The summed E-state index contributed by atoms with van der Waals surface area (Å²) in [5.74, 6) is -8.74. The molecule has 0 spiro atoms. The lowest BCUT2D eigenvalue weighted by atomic mass is 9.97. The zero-order valence-corrected chi connectivity index (χ0v) is 49.6. The van der Waals surface area contributed by atoms with E-state index < -0.39 is 114 Å². The number of carbonyl (C=O) groups excluding carboxylic acids is 9. The second-order valence-corrected chi connectivity index (χ2v) is 21.0. The minimum atomic E-state index is -1.36. The maximum atomic E-state index is 14.4. The molecule has 0 saturated heterocycles. The van der Waals surface area contributed by atoms with Crippen molar-refractivity contribution >= 4 is 83.0 Å². The average molecular weight is 1190 g/mol. The molecule has 0 aromatic carbocycles. The Morgan fingerprint density at radius 3 is 1.01 bits per heavy atom. The Morgan fingerprint density at radius 2 is 0.667 bits per heavy atom. The number of nitrogens with zero attached hydrogens (tertiary/aromatic N) is 5. The van der Waals surface area contributed by atoms with Crippen molar-refractivity contribution < 1.29 is 43.2 Å². The molecule has 32 N–H and O–H groups in total. The van der Waals surface area contributed by atoms with E-state index in [9.17, 15) is 43.2 Å². The molecule has 0 aliphatic rings. The number of guanidine groups is 5. The molecule has 0 aliphatic heterocycles. The second kappa shape index (κ2) is 41.5. The average Bonchev–Trinajstić information content (AvgIpc) is 3.45. The first-order valence-electron chi connectivity index (χ1n) is 28.1.